The zero-order chi connectivity index (χ0) is 13.9. The second-order valence-corrected chi connectivity index (χ2v) is 5.12. The quantitative estimate of drug-likeness (QED) is 0.844. The standard InChI is InChI=1S/C15H26N2O/c1-9-7-13(14(17-5)8-10(2)16)11(3)12(4)15(9)18-6/h7,10,14,17H,8,16H2,1-6H3. The fraction of sp³-hybridized carbons (Fsp3) is 0.600. The highest BCUT2D eigenvalue weighted by Crippen LogP contribution is 2.32. The van der Waals surface area contributed by atoms with Crippen LogP contribution in [0.15, 0.2) is 6.07 Å². The van der Waals surface area contributed by atoms with Crippen molar-refractivity contribution >= 4 is 0 Å². The van der Waals surface area contributed by atoms with Gasteiger partial charge in [-0.3, -0.25) is 0 Å². The van der Waals surface area contributed by atoms with Crippen molar-refractivity contribution in [2.24, 2.45) is 5.73 Å². The molecule has 3 N–H and O–H groups in total. The van der Waals surface area contributed by atoms with Crippen LogP contribution in [0, 0.1) is 20.8 Å². The third kappa shape index (κ3) is 3.03. The zero-order valence-corrected chi connectivity index (χ0v) is 12.4. The minimum atomic E-state index is 0.185. The average Bonchev–Trinajstić information content (AvgIpc) is 2.31. The number of benzene rings is 1. The molecule has 2 unspecified atom stereocenters. The molecule has 3 nitrogen and oxygen atoms in total. The van der Waals surface area contributed by atoms with Crippen LogP contribution in [0.1, 0.15) is 41.6 Å². The lowest BCUT2D eigenvalue weighted by molar-refractivity contribution is 0.407. The number of ether oxygens (including phenoxy) is 1. The molecule has 0 bridgehead atoms. The molecule has 18 heavy (non-hydrogen) atoms. The Hall–Kier alpha value is -1.06. The Morgan fingerprint density at radius 3 is 2.33 bits per heavy atom. The molecule has 0 aromatic heterocycles. The molecule has 3 heteroatoms. The molecule has 0 saturated carbocycles. The molecule has 1 aromatic rings. The molecular weight excluding hydrogens is 224 g/mol. The molecule has 0 radical (unpaired) electrons. The van der Waals surface area contributed by atoms with Crippen LogP contribution < -0.4 is 15.8 Å². The van der Waals surface area contributed by atoms with Crippen molar-refractivity contribution in [2.75, 3.05) is 14.2 Å². The van der Waals surface area contributed by atoms with Gasteiger partial charge in [0.2, 0.25) is 0 Å². The Balaban J connectivity index is 3.24. The van der Waals surface area contributed by atoms with Crippen LogP contribution in [-0.2, 0) is 0 Å². The molecule has 0 aliphatic carbocycles. The van der Waals surface area contributed by atoms with Crippen LogP contribution in [-0.4, -0.2) is 20.2 Å². The van der Waals surface area contributed by atoms with Gasteiger partial charge in [-0.05, 0) is 63.4 Å². The van der Waals surface area contributed by atoms with E-state index in [-0.39, 0.29) is 6.04 Å². The Labute approximate surface area is 111 Å². The number of hydrogen-bond acceptors (Lipinski definition) is 3. The van der Waals surface area contributed by atoms with Crippen molar-refractivity contribution < 1.29 is 4.74 Å². The lowest BCUT2D eigenvalue weighted by Gasteiger charge is -2.24. The summed E-state index contributed by atoms with van der Waals surface area (Å²) < 4.78 is 5.46. The van der Waals surface area contributed by atoms with E-state index in [1.165, 1.54) is 22.3 Å². The summed E-state index contributed by atoms with van der Waals surface area (Å²) in [5, 5.41) is 3.36. The highest BCUT2D eigenvalue weighted by atomic mass is 16.5. The predicted octanol–water partition coefficient (Wildman–Crippen LogP) is 2.62. The molecule has 0 fully saturated rings. The van der Waals surface area contributed by atoms with Crippen molar-refractivity contribution in [1.82, 2.24) is 5.32 Å². The van der Waals surface area contributed by atoms with E-state index in [0.717, 1.165) is 12.2 Å². The fourth-order valence-electron chi connectivity index (χ4n) is 2.54. The van der Waals surface area contributed by atoms with Crippen LogP contribution in [0.25, 0.3) is 0 Å². The Bertz CT molecular complexity index is 413. The number of nitrogens with one attached hydrogen (secondary N) is 1. The van der Waals surface area contributed by atoms with Crippen LogP contribution in [0.5, 0.6) is 5.75 Å². The third-order valence-electron chi connectivity index (χ3n) is 3.60. The van der Waals surface area contributed by atoms with Gasteiger partial charge in [0.25, 0.3) is 0 Å². The third-order valence-corrected chi connectivity index (χ3v) is 3.60. The minimum absolute atomic E-state index is 0.185. The molecule has 0 amide bonds. The topological polar surface area (TPSA) is 47.3 Å². The van der Waals surface area contributed by atoms with Crippen LogP contribution in [0.2, 0.25) is 0 Å². The number of aryl methyl sites for hydroxylation is 1. The molecule has 2 atom stereocenters. The van der Waals surface area contributed by atoms with Gasteiger partial charge in [0.05, 0.1) is 7.11 Å². The van der Waals surface area contributed by atoms with Crippen LogP contribution >= 0.6 is 0 Å². The van der Waals surface area contributed by atoms with Gasteiger partial charge in [-0.2, -0.15) is 0 Å². The first-order valence-electron chi connectivity index (χ1n) is 6.49. The van der Waals surface area contributed by atoms with Gasteiger partial charge in [-0.1, -0.05) is 6.07 Å². The summed E-state index contributed by atoms with van der Waals surface area (Å²) in [6.45, 7) is 8.40. The van der Waals surface area contributed by atoms with E-state index in [0.29, 0.717) is 6.04 Å². The van der Waals surface area contributed by atoms with Gasteiger partial charge in [0, 0.05) is 12.1 Å². The zero-order valence-electron chi connectivity index (χ0n) is 12.4. The van der Waals surface area contributed by atoms with Gasteiger partial charge in [-0.15, -0.1) is 0 Å². The number of nitrogens with two attached hydrogens (primary N) is 1. The van der Waals surface area contributed by atoms with Crippen molar-refractivity contribution in [3.63, 3.8) is 0 Å². The molecule has 0 heterocycles. The van der Waals surface area contributed by atoms with Crippen molar-refractivity contribution in [2.45, 2.75) is 46.2 Å². The first-order valence-corrected chi connectivity index (χ1v) is 6.49. The molecule has 0 aliphatic rings. The molecule has 0 spiro atoms. The Kier molecular flexibility index (Phi) is 5.17. The number of rotatable bonds is 5. The Morgan fingerprint density at radius 2 is 1.89 bits per heavy atom. The summed E-state index contributed by atoms with van der Waals surface area (Å²) in [7, 11) is 3.72. The lowest BCUT2D eigenvalue weighted by Crippen LogP contribution is -2.26. The van der Waals surface area contributed by atoms with E-state index in [9.17, 15) is 0 Å². The summed E-state index contributed by atoms with van der Waals surface area (Å²) in [5.41, 5.74) is 10.9. The molecular formula is C15H26N2O. The molecule has 1 aromatic carbocycles. The van der Waals surface area contributed by atoms with E-state index >= 15 is 0 Å². The first kappa shape index (κ1) is 15.0. The molecule has 1 rings (SSSR count). The highest BCUT2D eigenvalue weighted by Gasteiger charge is 2.18. The maximum atomic E-state index is 5.92. The van der Waals surface area contributed by atoms with E-state index < -0.39 is 0 Å². The van der Waals surface area contributed by atoms with Gasteiger partial charge in [0.1, 0.15) is 5.75 Å². The SMILES string of the molecule is CNC(CC(C)N)c1cc(C)c(OC)c(C)c1C. The fourth-order valence-corrected chi connectivity index (χ4v) is 2.54. The molecule has 0 saturated heterocycles. The second-order valence-electron chi connectivity index (χ2n) is 5.12. The summed E-state index contributed by atoms with van der Waals surface area (Å²) in [5.74, 6) is 0.993. The monoisotopic (exact) mass is 250 g/mol. The van der Waals surface area contributed by atoms with E-state index in [1.54, 1.807) is 7.11 Å². The summed E-state index contributed by atoms with van der Waals surface area (Å²) in [6.07, 6.45) is 0.933. The molecule has 102 valence electrons. The predicted molar refractivity (Wildman–Crippen MR) is 77.3 cm³/mol. The highest BCUT2D eigenvalue weighted by molar-refractivity contribution is 5.50. The van der Waals surface area contributed by atoms with Crippen LogP contribution in [0.4, 0.5) is 0 Å². The second kappa shape index (κ2) is 6.21. The van der Waals surface area contributed by atoms with Gasteiger partial charge < -0.3 is 15.8 Å². The van der Waals surface area contributed by atoms with Crippen LogP contribution in [0.3, 0.4) is 0 Å². The van der Waals surface area contributed by atoms with E-state index in [4.69, 9.17) is 10.5 Å². The summed E-state index contributed by atoms with van der Waals surface area (Å²) in [6, 6.07) is 2.70. The van der Waals surface area contributed by atoms with E-state index in [1.807, 2.05) is 14.0 Å². The summed E-state index contributed by atoms with van der Waals surface area (Å²) in [4.78, 5) is 0. The lowest BCUT2D eigenvalue weighted by atomic mass is 9.91. The van der Waals surface area contributed by atoms with Gasteiger partial charge in [-0.25, -0.2) is 0 Å². The summed E-state index contributed by atoms with van der Waals surface area (Å²) >= 11 is 0. The number of methoxy groups -OCH3 is 1. The maximum absolute atomic E-state index is 5.92. The van der Waals surface area contributed by atoms with Crippen molar-refractivity contribution in [3.05, 3.63) is 28.3 Å². The smallest absolute Gasteiger partial charge is 0.124 e. The number of hydrogen-bond donors (Lipinski definition) is 2. The van der Waals surface area contributed by atoms with Gasteiger partial charge >= 0.3 is 0 Å². The largest absolute Gasteiger partial charge is 0.496 e. The van der Waals surface area contributed by atoms with Crippen molar-refractivity contribution in [3.8, 4) is 5.75 Å². The Morgan fingerprint density at radius 1 is 1.28 bits per heavy atom. The van der Waals surface area contributed by atoms with E-state index in [2.05, 4.69) is 32.2 Å². The maximum Gasteiger partial charge on any atom is 0.124 e. The van der Waals surface area contributed by atoms with Crippen molar-refractivity contribution in [1.29, 1.82) is 0 Å². The average molecular weight is 250 g/mol. The molecule has 0 aliphatic heterocycles. The van der Waals surface area contributed by atoms with Gasteiger partial charge in [0.15, 0.2) is 0 Å². The first-order chi connectivity index (χ1) is 8.42. The normalized spacial score (nSPS) is 14.4. The minimum Gasteiger partial charge on any atom is -0.496 e.